The smallest absolute Gasteiger partial charge is 0.324 e. The van der Waals surface area contributed by atoms with Crippen LogP contribution < -0.4 is 0 Å². The molecule has 0 spiro atoms. The summed E-state index contributed by atoms with van der Waals surface area (Å²) in [6.45, 7) is 13.6. The van der Waals surface area contributed by atoms with Gasteiger partial charge in [0.25, 0.3) is 0 Å². The highest BCUT2D eigenvalue weighted by Crippen LogP contribution is 2.44. The SMILES string of the molecule is CCN(CC)CCC(CCN(CC)CC)P(=O)(O)O. The van der Waals surface area contributed by atoms with Crippen molar-refractivity contribution in [2.75, 3.05) is 39.3 Å². The van der Waals surface area contributed by atoms with Crippen LogP contribution in [-0.2, 0) is 4.57 Å². The quantitative estimate of drug-likeness (QED) is 0.571. The van der Waals surface area contributed by atoms with Gasteiger partial charge in [0.1, 0.15) is 0 Å². The van der Waals surface area contributed by atoms with Crippen molar-refractivity contribution in [3.63, 3.8) is 0 Å². The molecule has 0 unspecified atom stereocenters. The molecule has 0 saturated heterocycles. The molecule has 116 valence electrons. The average molecular weight is 294 g/mol. The van der Waals surface area contributed by atoms with Gasteiger partial charge in [-0.1, -0.05) is 27.7 Å². The van der Waals surface area contributed by atoms with Crippen LogP contribution in [0.25, 0.3) is 0 Å². The first-order valence-corrected chi connectivity index (χ1v) is 9.06. The second-order valence-corrected chi connectivity index (χ2v) is 6.78. The number of hydrogen-bond acceptors (Lipinski definition) is 3. The minimum absolute atomic E-state index is 0.506. The summed E-state index contributed by atoms with van der Waals surface area (Å²) < 4.78 is 11.6. The minimum Gasteiger partial charge on any atom is -0.324 e. The van der Waals surface area contributed by atoms with Crippen molar-refractivity contribution in [2.24, 2.45) is 0 Å². The predicted molar refractivity (Wildman–Crippen MR) is 80.6 cm³/mol. The van der Waals surface area contributed by atoms with Crippen LogP contribution in [0.5, 0.6) is 0 Å². The lowest BCUT2D eigenvalue weighted by molar-refractivity contribution is 0.263. The maximum Gasteiger partial charge on any atom is 0.328 e. The molecule has 6 heteroatoms. The summed E-state index contributed by atoms with van der Waals surface area (Å²) in [6.07, 6.45) is 1.15. The molecule has 0 atom stereocenters. The van der Waals surface area contributed by atoms with Gasteiger partial charge in [-0.3, -0.25) is 4.57 Å². The van der Waals surface area contributed by atoms with Gasteiger partial charge in [0, 0.05) is 0 Å². The molecule has 0 amide bonds. The summed E-state index contributed by atoms with van der Waals surface area (Å²) in [6, 6.07) is 0. The average Bonchev–Trinajstić information content (AvgIpc) is 2.36. The summed E-state index contributed by atoms with van der Waals surface area (Å²) in [7, 11) is -3.98. The summed E-state index contributed by atoms with van der Waals surface area (Å²) in [5, 5.41) is 0. The summed E-state index contributed by atoms with van der Waals surface area (Å²) in [4.78, 5) is 23.4. The van der Waals surface area contributed by atoms with Crippen LogP contribution in [0.15, 0.2) is 0 Å². The van der Waals surface area contributed by atoms with Crippen molar-refractivity contribution < 1.29 is 14.4 Å². The van der Waals surface area contributed by atoms with Crippen molar-refractivity contribution in [1.29, 1.82) is 0 Å². The highest BCUT2D eigenvalue weighted by Gasteiger charge is 2.28. The topological polar surface area (TPSA) is 64.0 Å². The van der Waals surface area contributed by atoms with Gasteiger partial charge in [0.15, 0.2) is 0 Å². The molecule has 0 fully saturated rings. The number of rotatable bonds is 11. The molecule has 0 aromatic carbocycles. The fourth-order valence-electron chi connectivity index (χ4n) is 2.22. The minimum atomic E-state index is -3.98. The standard InChI is InChI=1S/C13H31N2O3P/c1-5-14(6-2)11-9-13(19(16,17)18)10-12-15(7-3)8-4/h13H,5-12H2,1-4H3,(H2,16,17,18). The molecule has 0 radical (unpaired) electrons. The van der Waals surface area contributed by atoms with Gasteiger partial charge in [0.05, 0.1) is 5.66 Å². The Balaban J connectivity index is 4.36. The summed E-state index contributed by atoms with van der Waals surface area (Å²) in [5.41, 5.74) is -0.506. The maximum atomic E-state index is 11.6. The lowest BCUT2D eigenvalue weighted by atomic mass is 10.2. The van der Waals surface area contributed by atoms with Crippen molar-refractivity contribution in [3.8, 4) is 0 Å². The van der Waals surface area contributed by atoms with Crippen LogP contribution in [0, 0.1) is 0 Å². The van der Waals surface area contributed by atoms with Crippen LogP contribution in [0.1, 0.15) is 40.5 Å². The predicted octanol–water partition coefficient (Wildman–Crippen LogP) is 2.00. The largest absolute Gasteiger partial charge is 0.328 e. The highest BCUT2D eigenvalue weighted by molar-refractivity contribution is 7.52. The van der Waals surface area contributed by atoms with E-state index in [1.807, 2.05) is 0 Å². The van der Waals surface area contributed by atoms with Crippen molar-refractivity contribution >= 4 is 7.60 Å². The van der Waals surface area contributed by atoms with Crippen LogP contribution in [0.2, 0.25) is 0 Å². The van der Waals surface area contributed by atoms with Gasteiger partial charge in [-0.25, -0.2) is 0 Å². The van der Waals surface area contributed by atoms with Crippen molar-refractivity contribution in [3.05, 3.63) is 0 Å². The molecular weight excluding hydrogens is 263 g/mol. The fraction of sp³-hybridized carbons (Fsp3) is 1.00. The molecule has 0 aliphatic rings. The van der Waals surface area contributed by atoms with Crippen molar-refractivity contribution in [1.82, 2.24) is 9.80 Å². The molecule has 0 heterocycles. The second-order valence-electron chi connectivity index (χ2n) is 4.87. The lowest BCUT2D eigenvalue weighted by Gasteiger charge is -2.25. The molecule has 0 saturated carbocycles. The fourth-order valence-corrected chi connectivity index (χ4v) is 3.13. The Morgan fingerprint density at radius 2 is 1.16 bits per heavy atom. The Hall–Kier alpha value is 0.0700. The summed E-state index contributed by atoms with van der Waals surface area (Å²) >= 11 is 0. The Kier molecular flexibility index (Phi) is 9.93. The van der Waals surface area contributed by atoms with Gasteiger partial charge < -0.3 is 19.6 Å². The molecule has 0 bridgehead atoms. The zero-order valence-corrected chi connectivity index (χ0v) is 13.8. The highest BCUT2D eigenvalue weighted by atomic mass is 31.2. The third kappa shape index (κ3) is 8.05. The first-order chi connectivity index (χ1) is 8.88. The molecular formula is C13H31N2O3P. The van der Waals surface area contributed by atoms with Crippen LogP contribution >= 0.6 is 7.60 Å². The molecule has 0 aliphatic carbocycles. The van der Waals surface area contributed by atoms with E-state index in [-0.39, 0.29) is 0 Å². The first-order valence-electron chi connectivity index (χ1n) is 7.38. The van der Waals surface area contributed by atoms with E-state index in [0.717, 1.165) is 39.3 Å². The zero-order valence-electron chi connectivity index (χ0n) is 12.9. The Bertz CT molecular complexity index is 247. The van der Waals surface area contributed by atoms with Gasteiger partial charge in [-0.2, -0.15) is 0 Å². The van der Waals surface area contributed by atoms with Crippen LogP contribution in [0.3, 0.4) is 0 Å². The van der Waals surface area contributed by atoms with Gasteiger partial charge in [-0.15, -0.1) is 0 Å². The monoisotopic (exact) mass is 294 g/mol. The van der Waals surface area contributed by atoms with Gasteiger partial charge >= 0.3 is 7.60 Å². The maximum absolute atomic E-state index is 11.6. The molecule has 2 N–H and O–H groups in total. The van der Waals surface area contributed by atoms with E-state index in [0.29, 0.717) is 12.8 Å². The van der Waals surface area contributed by atoms with E-state index >= 15 is 0 Å². The van der Waals surface area contributed by atoms with Crippen molar-refractivity contribution in [2.45, 2.75) is 46.2 Å². The van der Waals surface area contributed by atoms with Gasteiger partial charge in [-0.05, 0) is 52.1 Å². The molecule has 0 aromatic rings. The van der Waals surface area contributed by atoms with Crippen LogP contribution in [-0.4, -0.2) is 64.5 Å². The number of hydrogen-bond donors (Lipinski definition) is 2. The Labute approximate surface area is 118 Å². The summed E-state index contributed by atoms with van der Waals surface area (Å²) in [5.74, 6) is 0. The van der Waals surface area contributed by atoms with E-state index in [2.05, 4.69) is 37.5 Å². The van der Waals surface area contributed by atoms with Gasteiger partial charge in [0.2, 0.25) is 0 Å². The molecule has 0 aliphatic heterocycles. The first kappa shape index (κ1) is 19.1. The Morgan fingerprint density at radius 1 is 0.842 bits per heavy atom. The van der Waals surface area contributed by atoms with E-state index in [4.69, 9.17) is 0 Å². The van der Waals surface area contributed by atoms with E-state index < -0.39 is 13.3 Å². The molecule has 0 aromatic heterocycles. The lowest BCUT2D eigenvalue weighted by Crippen LogP contribution is -2.30. The van der Waals surface area contributed by atoms with E-state index in [9.17, 15) is 14.4 Å². The van der Waals surface area contributed by atoms with E-state index in [1.54, 1.807) is 0 Å². The van der Waals surface area contributed by atoms with E-state index in [1.165, 1.54) is 0 Å². The van der Waals surface area contributed by atoms with Crippen LogP contribution in [0.4, 0.5) is 0 Å². The normalized spacial score (nSPS) is 12.9. The molecule has 5 nitrogen and oxygen atoms in total. The zero-order chi connectivity index (χ0) is 14.9. The third-order valence-corrected chi connectivity index (χ3v) is 5.29. The molecule has 0 rings (SSSR count). The molecule has 19 heavy (non-hydrogen) atoms. The second kappa shape index (κ2) is 9.89. The Morgan fingerprint density at radius 3 is 1.37 bits per heavy atom. The third-order valence-electron chi connectivity index (χ3n) is 3.82. The number of nitrogens with zero attached hydrogens (tertiary/aromatic N) is 2.